The number of carbonyl (C=O) groups is 1. The van der Waals surface area contributed by atoms with Crippen LogP contribution in [0.5, 0.6) is 0 Å². The van der Waals surface area contributed by atoms with Crippen molar-refractivity contribution >= 4 is 11.9 Å². The van der Waals surface area contributed by atoms with Gasteiger partial charge in [0.1, 0.15) is 0 Å². The van der Waals surface area contributed by atoms with Gasteiger partial charge in [-0.25, -0.2) is 9.97 Å². The molecule has 1 saturated heterocycles. The molecule has 7 nitrogen and oxygen atoms in total. The number of hydrogen-bond acceptors (Lipinski definition) is 6. The van der Waals surface area contributed by atoms with E-state index in [-0.39, 0.29) is 5.91 Å². The van der Waals surface area contributed by atoms with E-state index in [1.807, 2.05) is 11.0 Å². The van der Waals surface area contributed by atoms with Gasteiger partial charge in [-0.05, 0) is 12.0 Å². The topological polar surface area (TPSA) is 70.6 Å². The Morgan fingerprint density at radius 3 is 2.48 bits per heavy atom. The Labute approximate surface area is 160 Å². The molecule has 0 radical (unpaired) electrons. The van der Waals surface area contributed by atoms with Crippen LogP contribution in [0, 0.1) is 0 Å². The van der Waals surface area contributed by atoms with Crippen molar-refractivity contribution in [1.82, 2.24) is 19.8 Å². The molecule has 0 aliphatic carbocycles. The summed E-state index contributed by atoms with van der Waals surface area (Å²) in [5, 5.41) is 3.12. The van der Waals surface area contributed by atoms with Gasteiger partial charge in [-0.2, -0.15) is 0 Å². The molecule has 1 aromatic carbocycles. The molecule has 0 unspecified atom stereocenters. The third-order valence-corrected chi connectivity index (χ3v) is 4.62. The number of piperazine rings is 1. The standard InChI is InChI=1S/C20H27N5O2/c1-27-13-5-8-21-20-22-14-18(15-23-20)19(26)25-11-9-24(10-12-25)16-17-6-3-2-4-7-17/h2-4,6-7,14-15H,5,8-13,16H2,1H3,(H,21,22,23). The molecular formula is C20H27N5O2. The molecule has 1 amide bonds. The van der Waals surface area contributed by atoms with Crippen molar-refractivity contribution in [3.63, 3.8) is 0 Å². The molecule has 1 aromatic heterocycles. The Morgan fingerprint density at radius 1 is 1.11 bits per heavy atom. The molecule has 0 atom stereocenters. The van der Waals surface area contributed by atoms with Gasteiger partial charge in [-0.1, -0.05) is 30.3 Å². The van der Waals surface area contributed by atoms with Crippen LogP contribution in [0.4, 0.5) is 5.95 Å². The van der Waals surface area contributed by atoms with Crippen LogP contribution in [0.1, 0.15) is 22.3 Å². The number of aromatic nitrogens is 2. The van der Waals surface area contributed by atoms with E-state index in [2.05, 4.69) is 44.5 Å². The summed E-state index contributed by atoms with van der Waals surface area (Å²) >= 11 is 0. The Kier molecular flexibility index (Phi) is 7.12. The molecule has 0 saturated carbocycles. The van der Waals surface area contributed by atoms with Crippen molar-refractivity contribution in [2.45, 2.75) is 13.0 Å². The summed E-state index contributed by atoms with van der Waals surface area (Å²) in [6.07, 6.45) is 4.09. The molecule has 144 valence electrons. The lowest BCUT2D eigenvalue weighted by atomic mass is 10.2. The van der Waals surface area contributed by atoms with Crippen LogP contribution in [0.3, 0.4) is 0 Å². The minimum absolute atomic E-state index is 0.000272. The maximum absolute atomic E-state index is 12.7. The van der Waals surface area contributed by atoms with Crippen LogP contribution >= 0.6 is 0 Å². The number of rotatable bonds is 8. The van der Waals surface area contributed by atoms with Crippen LogP contribution in [-0.2, 0) is 11.3 Å². The lowest BCUT2D eigenvalue weighted by molar-refractivity contribution is 0.0627. The number of ether oxygens (including phenoxy) is 1. The molecular weight excluding hydrogens is 342 g/mol. The SMILES string of the molecule is COCCCNc1ncc(C(=O)N2CCN(Cc3ccccc3)CC2)cn1. The number of amides is 1. The first-order chi connectivity index (χ1) is 13.3. The first-order valence-corrected chi connectivity index (χ1v) is 9.36. The van der Waals surface area contributed by atoms with E-state index in [1.54, 1.807) is 19.5 Å². The van der Waals surface area contributed by atoms with E-state index in [1.165, 1.54) is 5.56 Å². The summed E-state index contributed by atoms with van der Waals surface area (Å²) in [6, 6.07) is 10.4. The highest BCUT2D eigenvalue weighted by atomic mass is 16.5. The fourth-order valence-corrected chi connectivity index (χ4v) is 3.08. The van der Waals surface area contributed by atoms with Gasteiger partial charge in [0.2, 0.25) is 5.95 Å². The predicted molar refractivity (Wildman–Crippen MR) is 105 cm³/mol. The van der Waals surface area contributed by atoms with Crippen molar-refractivity contribution in [2.24, 2.45) is 0 Å². The second-order valence-electron chi connectivity index (χ2n) is 6.62. The highest BCUT2D eigenvalue weighted by molar-refractivity contribution is 5.93. The first kappa shape index (κ1) is 19.3. The molecule has 0 spiro atoms. The third kappa shape index (κ3) is 5.74. The van der Waals surface area contributed by atoms with Crippen molar-refractivity contribution < 1.29 is 9.53 Å². The molecule has 27 heavy (non-hydrogen) atoms. The minimum atomic E-state index is 0.000272. The zero-order chi connectivity index (χ0) is 18.9. The maximum atomic E-state index is 12.7. The van der Waals surface area contributed by atoms with Gasteiger partial charge < -0.3 is 15.0 Å². The number of nitrogens with one attached hydrogen (secondary N) is 1. The fourth-order valence-electron chi connectivity index (χ4n) is 3.08. The van der Waals surface area contributed by atoms with E-state index in [0.717, 1.165) is 45.7 Å². The van der Waals surface area contributed by atoms with Gasteiger partial charge in [-0.3, -0.25) is 9.69 Å². The van der Waals surface area contributed by atoms with Crippen LogP contribution in [0.2, 0.25) is 0 Å². The second-order valence-corrected chi connectivity index (χ2v) is 6.62. The van der Waals surface area contributed by atoms with Gasteiger partial charge in [0.25, 0.3) is 5.91 Å². The Hall–Kier alpha value is -2.51. The summed E-state index contributed by atoms with van der Waals surface area (Å²) in [7, 11) is 1.68. The van der Waals surface area contributed by atoms with E-state index in [0.29, 0.717) is 18.1 Å². The van der Waals surface area contributed by atoms with Crippen molar-refractivity contribution in [3.05, 3.63) is 53.9 Å². The number of anilines is 1. The average molecular weight is 369 g/mol. The molecule has 3 rings (SSSR count). The third-order valence-electron chi connectivity index (χ3n) is 4.62. The predicted octanol–water partition coefficient (Wildman–Crippen LogP) is 1.88. The van der Waals surface area contributed by atoms with Crippen molar-refractivity contribution in [3.8, 4) is 0 Å². The molecule has 0 bridgehead atoms. The lowest BCUT2D eigenvalue weighted by Crippen LogP contribution is -2.48. The zero-order valence-corrected chi connectivity index (χ0v) is 15.8. The van der Waals surface area contributed by atoms with Gasteiger partial charge in [0.15, 0.2) is 0 Å². The van der Waals surface area contributed by atoms with Gasteiger partial charge in [0, 0.05) is 65.4 Å². The Balaban J connectivity index is 1.46. The summed E-state index contributed by atoms with van der Waals surface area (Å²) in [5.41, 5.74) is 1.84. The first-order valence-electron chi connectivity index (χ1n) is 9.36. The summed E-state index contributed by atoms with van der Waals surface area (Å²) in [5.74, 6) is 0.538. The van der Waals surface area contributed by atoms with Gasteiger partial charge in [-0.15, -0.1) is 0 Å². The number of methoxy groups -OCH3 is 1. The van der Waals surface area contributed by atoms with Crippen LogP contribution < -0.4 is 5.32 Å². The van der Waals surface area contributed by atoms with Crippen molar-refractivity contribution in [2.75, 3.05) is 51.8 Å². The van der Waals surface area contributed by atoms with Crippen LogP contribution in [0.25, 0.3) is 0 Å². The number of nitrogens with zero attached hydrogens (tertiary/aromatic N) is 4. The summed E-state index contributed by atoms with van der Waals surface area (Å²) in [6.45, 7) is 5.56. The molecule has 1 aliphatic heterocycles. The van der Waals surface area contributed by atoms with E-state index in [4.69, 9.17) is 4.74 Å². The van der Waals surface area contributed by atoms with E-state index >= 15 is 0 Å². The number of benzene rings is 1. The fraction of sp³-hybridized carbons (Fsp3) is 0.450. The van der Waals surface area contributed by atoms with Crippen molar-refractivity contribution in [1.29, 1.82) is 0 Å². The van der Waals surface area contributed by atoms with E-state index in [9.17, 15) is 4.79 Å². The highest BCUT2D eigenvalue weighted by Gasteiger charge is 2.22. The average Bonchev–Trinajstić information content (AvgIpc) is 2.72. The normalized spacial score (nSPS) is 14.9. The molecule has 1 N–H and O–H groups in total. The lowest BCUT2D eigenvalue weighted by Gasteiger charge is -2.34. The smallest absolute Gasteiger partial charge is 0.257 e. The largest absolute Gasteiger partial charge is 0.385 e. The molecule has 1 aliphatic rings. The quantitative estimate of drug-likeness (QED) is 0.717. The summed E-state index contributed by atoms with van der Waals surface area (Å²) < 4.78 is 5.00. The zero-order valence-electron chi connectivity index (χ0n) is 15.8. The number of hydrogen-bond donors (Lipinski definition) is 1. The van der Waals surface area contributed by atoms with Crippen LogP contribution in [-0.4, -0.2) is 72.1 Å². The molecule has 1 fully saturated rings. The minimum Gasteiger partial charge on any atom is -0.385 e. The highest BCUT2D eigenvalue weighted by Crippen LogP contribution is 2.11. The Morgan fingerprint density at radius 2 is 1.81 bits per heavy atom. The second kappa shape index (κ2) is 9.99. The van der Waals surface area contributed by atoms with Gasteiger partial charge >= 0.3 is 0 Å². The number of carbonyl (C=O) groups excluding carboxylic acids is 1. The monoisotopic (exact) mass is 369 g/mol. The molecule has 2 aromatic rings. The van der Waals surface area contributed by atoms with Gasteiger partial charge in [0.05, 0.1) is 5.56 Å². The maximum Gasteiger partial charge on any atom is 0.257 e. The molecule has 2 heterocycles. The van der Waals surface area contributed by atoms with Crippen LogP contribution in [0.15, 0.2) is 42.7 Å². The molecule has 7 heteroatoms. The summed E-state index contributed by atoms with van der Waals surface area (Å²) in [4.78, 5) is 25.4. The van der Waals surface area contributed by atoms with E-state index < -0.39 is 0 Å². The Bertz CT molecular complexity index is 700.